The third kappa shape index (κ3) is 3.64. The van der Waals surface area contributed by atoms with Crippen molar-refractivity contribution >= 4 is 17.4 Å². The molecule has 0 fully saturated rings. The summed E-state index contributed by atoms with van der Waals surface area (Å²) in [6.07, 6.45) is 1.45. The number of allylic oxidation sites excluding steroid dienone is 1. The molecule has 0 bridgehead atoms. The van der Waals surface area contributed by atoms with Gasteiger partial charge >= 0.3 is 0 Å². The fourth-order valence-corrected chi connectivity index (χ4v) is 0.637. The number of carbonyl (C=O) groups excluding carboxylic acids is 1. The molecule has 0 saturated heterocycles. The van der Waals surface area contributed by atoms with Gasteiger partial charge in [-0.15, -0.1) is 11.6 Å². The first-order valence-corrected chi connectivity index (χ1v) is 3.52. The van der Waals surface area contributed by atoms with E-state index in [9.17, 15) is 4.79 Å². The standard InChI is InChI=1S/C7H9ClN2O/c1-10(2)5-6(4-9)7(11)3-8/h5H,3H2,1-2H3. The van der Waals surface area contributed by atoms with Gasteiger partial charge in [-0.2, -0.15) is 5.26 Å². The molecule has 11 heavy (non-hydrogen) atoms. The first-order chi connectivity index (χ1) is 5.11. The van der Waals surface area contributed by atoms with Gasteiger partial charge in [0.1, 0.15) is 11.6 Å². The largest absolute Gasteiger partial charge is 0.382 e. The molecule has 0 aliphatic heterocycles. The van der Waals surface area contributed by atoms with Crippen LogP contribution >= 0.6 is 11.6 Å². The van der Waals surface area contributed by atoms with Gasteiger partial charge in [0.2, 0.25) is 0 Å². The average molecular weight is 173 g/mol. The van der Waals surface area contributed by atoms with E-state index < -0.39 is 0 Å². The van der Waals surface area contributed by atoms with Crippen LogP contribution in [0.25, 0.3) is 0 Å². The minimum absolute atomic E-state index is 0.0880. The monoisotopic (exact) mass is 172 g/mol. The Morgan fingerprint density at radius 1 is 1.73 bits per heavy atom. The predicted molar refractivity (Wildman–Crippen MR) is 43.1 cm³/mol. The van der Waals surface area contributed by atoms with Gasteiger partial charge in [-0.1, -0.05) is 0 Å². The molecule has 0 aromatic rings. The first-order valence-electron chi connectivity index (χ1n) is 2.99. The highest BCUT2D eigenvalue weighted by atomic mass is 35.5. The van der Waals surface area contributed by atoms with Gasteiger partial charge in [0.15, 0.2) is 5.78 Å². The highest BCUT2D eigenvalue weighted by Crippen LogP contribution is 1.97. The first kappa shape index (κ1) is 9.99. The number of Topliss-reactive ketones (excluding diaryl/α,β-unsaturated/α-hetero) is 1. The molecular formula is C7H9ClN2O. The van der Waals surface area contributed by atoms with Gasteiger partial charge in [0, 0.05) is 20.3 Å². The molecule has 0 saturated carbocycles. The summed E-state index contributed by atoms with van der Waals surface area (Å²) < 4.78 is 0. The van der Waals surface area contributed by atoms with E-state index in [4.69, 9.17) is 16.9 Å². The molecule has 0 amide bonds. The molecule has 0 heterocycles. The minimum Gasteiger partial charge on any atom is -0.382 e. The molecule has 60 valence electrons. The Balaban J connectivity index is 4.43. The topological polar surface area (TPSA) is 44.1 Å². The maximum absolute atomic E-state index is 10.8. The summed E-state index contributed by atoms with van der Waals surface area (Å²) in [5.41, 5.74) is 0.0880. The molecule has 0 atom stereocenters. The number of carbonyl (C=O) groups is 1. The van der Waals surface area contributed by atoms with Crippen molar-refractivity contribution in [3.05, 3.63) is 11.8 Å². The second kappa shape index (κ2) is 4.75. The van der Waals surface area contributed by atoms with Crippen LogP contribution in [-0.4, -0.2) is 30.7 Å². The van der Waals surface area contributed by atoms with Crippen molar-refractivity contribution in [2.45, 2.75) is 0 Å². The van der Waals surface area contributed by atoms with Crippen molar-refractivity contribution in [2.24, 2.45) is 0 Å². The minimum atomic E-state index is -0.345. The van der Waals surface area contributed by atoms with Gasteiger partial charge < -0.3 is 4.90 Å². The number of ketones is 1. The number of hydrogen-bond donors (Lipinski definition) is 0. The van der Waals surface area contributed by atoms with Crippen molar-refractivity contribution in [3.8, 4) is 6.07 Å². The van der Waals surface area contributed by atoms with Crippen molar-refractivity contribution in [3.63, 3.8) is 0 Å². The fourth-order valence-electron chi connectivity index (χ4n) is 0.493. The number of nitrogens with zero attached hydrogens (tertiary/aromatic N) is 2. The van der Waals surface area contributed by atoms with E-state index in [1.807, 2.05) is 0 Å². The van der Waals surface area contributed by atoms with Crippen LogP contribution in [0.4, 0.5) is 0 Å². The summed E-state index contributed by atoms with van der Waals surface area (Å²) in [6.45, 7) is 0. The van der Waals surface area contributed by atoms with E-state index in [2.05, 4.69) is 0 Å². The maximum atomic E-state index is 10.8. The molecule has 0 spiro atoms. The molecule has 0 rings (SSSR count). The summed E-state index contributed by atoms with van der Waals surface area (Å²) in [7, 11) is 3.47. The quantitative estimate of drug-likeness (QED) is 0.359. The Morgan fingerprint density at radius 3 is 2.55 bits per heavy atom. The summed E-state index contributed by atoms with van der Waals surface area (Å²) in [6, 6.07) is 1.77. The van der Waals surface area contributed by atoms with E-state index in [0.717, 1.165) is 0 Å². The SMILES string of the molecule is CN(C)C=C(C#N)C(=O)CCl. The molecule has 0 N–H and O–H groups in total. The lowest BCUT2D eigenvalue weighted by Crippen LogP contribution is -2.09. The third-order valence-electron chi connectivity index (χ3n) is 0.930. The molecular weight excluding hydrogens is 164 g/mol. The molecule has 3 nitrogen and oxygen atoms in total. The second-order valence-electron chi connectivity index (χ2n) is 2.17. The Bertz CT molecular complexity index is 215. The van der Waals surface area contributed by atoms with Crippen LogP contribution < -0.4 is 0 Å². The van der Waals surface area contributed by atoms with Crippen LogP contribution in [0, 0.1) is 11.3 Å². The summed E-state index contributed by atoms with van der Waals surface area (Å²) in [4.78, 5) is 12.5. The number of hydrogen-bond acceptors (Lipinski definition) is 3. The highest BCUT2D eigenvalue weighted by molar-refractivity contribution is 6.30. The zero-order valence-electron chi connectivity index (χ0n) is 6.47. The van der Waals surface area contributed by atoms with Crippen LogP contribution in [0.15, 0.2) is 11.8 Å². The van der Waals surface area contributed by atoms with Crippen molar-refractivity contribution in [1.82, 2.24) is 4.90 Å². The molecule has 0 unspecified atom stereocenters. The summed E-state index contributed by atoms with van der Waals surface area (Å²) >= 11 is 5.25. The van der Waals surface area contributed by atoms with E-state index >= 15 is 0 Å². The number of halogens is 1. The van der Waals surface area contributed by atoms with E-state index in [0.29, 0.717) is 0 Å². The normalized spacial score (nSPS) is 10.5. The predicted octanol–water partition coefficient (Wildman–Crippen LogP) is 0.763. The molecule has 0 radical (unpaired) electrons. The zero-order valence-corrected chi connectivity index (χ0v) is 7.22. The average Bonchev–Trinajstić information content (AvgIpc) is 1.98. The summed E-state index contributed by atoms with van der Waals surface area (Å²) in [5, 5.41) is 8.45. The van der Waals surface area contributed by atoms with Gasteiger partial charge in [0.25, 0.3) is 0 Å². The second-order valence-corrected chi connectivity index (χ2v) is 2.44. The van der Waals surface area contributed by atoms with Crippen molar-refractivity contribution in [2.75, 3.05) is 20.0 Å². The molecule has 0 aromatic heterocycles. The van der Waals surface area contributed by atoms with Crippen molar-refractivity contribution in [1.29, 1.82) is 5.26 Å². The van der Waals surface area contributed by atoms with E-state index in [1.54, 1.807) is 25.1 Å². The summed E-state index contributed by atoms with van der Waals surface area (Å²) in [5.74, 6) is -0.490. The number of rotatable bonds is 3. The van der Waals surface area contributed by atoms with E-state index in [1.165, 1.54) is 6.20 Å². The van der Waals surface area contributed by atoms with Gasteiger partial charge in [-0.25, -0.2) is 0 Å². The fraction of sp³-hybridized carbons (Fsp3) is 0.429. The third-order valence-corrected chi connectivity index (χ3v) is 1.17. The Hall–Kier alpha value is -1.01. The van der Waals surface area contributed by atoms with Gasteiger partial charge in [0.05, 0.1) is 5.88 Å². The van der Waals surface area contributed by atoms with Gasteiger partial charge in [-0.3, -0.25) is 4.79 Å². The van der Waals surface area contributed by atoms with Crippen LogP contribution in [-0.2, 0) is 4.79 Å². The highest BCUT2D eigenvalue weighted by Gasteiger charge is 2.06. The Morgan fingerprint density at radius 2 is 2.27 bits per heavy atom. The van der Waals surface area contributed by atoms with E-state index in [-0.39, 0.29) is 17.2 Å². The molecule has 0 aliphatic rings. The number of alkyl halides is 1. The lowest BCUT2D eigenvalue weighted by Gasteiger charge is -2.03. The number of nitriles is 1. The van der Waals surface area contributed by atoms with Crippen LogP contribution in [0.1, 0.15) is 0 Å². The lowest BCUT2D eigenvalue weighted by atomic mass is 10.2. The zero-order chi connectivity index (χ0) is 8.85. The van der Waals surface area contributed by atoms with Crippen LogP contribution in [0.2, 0.25) is 0 Å². The lowest BCUT2D eigenvalue weighted by molar-refractivity contribution is -0.113. The van der Waals surface area contributed by atoms with Crippen molar-refractivity contribution < 1.29 is 4.79 Å². The molecule has 4 heteroatoms. The molecule has 0 aromatic carbocycles. The Kier molecular flexibility index (Phi) is 4.32. The van der Waals surface area contributed by atoms with Crippen LogP contribution in [0.5, 0.6) is 0 Å². The van der Waals surface area contributed by atoms with Crippen LogP contribution in [0.3, 0.4) is 0 Å². The van der Waals surface area contributed by atoms with Gasteiger partial charge in [-0.05, 0) is 0 Å². The maximum Gasteiger partial charge on any atom is 0.189 e. The molecule has 0 aliphatic carbocycles. The smallest absolute Gasteiger partial charge is 0.189 e. The Labute approximate surface area is 70.9 Å².